The molecule has 1 aromatic carbocycles. The maximum atomic E-state index is 11.8. The number of thioether (sulfide) groups is 1. The molecule has 0 radical (unpaired) electrons. The molecule has 0 bridgehead atoms. The highest BCUT2D eigenvalue weighted by Crippen LogP contribution is 2.38. The van der Waals surface area contributed by atoms with Gasteiger partial charge in [-0.25, -0.2) is 0 Å². The molecule has 2 N–H and O–H groups in total. The van der Waals surface area contributed by atoms with Gasteiger partial charge in [0.1, 0.15) is 0 Å². The van der Waals surface area contributed by atoms with Gasteiger partial charge < -0.3 is 10.6 Å². The van der Waals surface area contributed by atoms with Crippen LogP contribution in [0.5, 0.6) is 0 Å². The molecule has 1 aliphatic rings. The van der Waals surface area contributed by atoms with Gasteiger partial charge in [0.25, 0.3) is 0 Å². The van der Waals surface area contributed by atoms with E-state index >= 15 is 0 Å². The average Bonchev–Trinajstić information content (AvgIpc) is 2.85. The average molecular weight is 278 g/mol. The van der Waals surface area contributed by atoms with Crippen LogP contribution in [-0.4, -0.2) is 30.8 Å². The van der Waals surface area contributed by atoms with Crippen LogP contribution in [0.25, 0.3) is 0 Å². The number of hydrogen-bond donors (Lipinski definition) is 2. The molecule has 0 saturated heterocycles. The van der Waals surface area contributed by atoms with Crippen LogP contribution in [0.1, 0.15) is 31.7 Å². The fourth-order valence-corrected chi connectivity index (χ4v) is 3.47. The number of benzene rings is 1. The maximum absolute atomic E-state index is 11.8. The first kappa shape index (κ1) is 14.4. The van der Waals surface area contributed by atoms with Gasteiger partial charge in [-0.15, -0.1) is 11.8 Å². The van der Waals surface area contributed by atoms with E-state index < -0.39 is 0 Å². The molecule has 4 heteroatoms. The second-order valence-electron chi connectivity index (χ2n) is 4.97. The molecule has 0 spiro atoms. The van der Waals surface area contributed by atoms with Crippen molar-refractivity contribution >= 4 is 17.7 Å². The van der Waals surface area contributed by atoms with Crippen molar-refractivity contribution in [3.63, 3.8) is 0 Å². The van der Waals surface area contributed by atoms with Crippen LogP contribution >= 0.6 is 11.8 Å². The standard InChI is InChI=1S/C15H22N2OS/c1-3-8-16-15(18)11(2)17-9-12-10-19-14-7-5-4-6-13(12)14/h4-7,11-12,17H,3,8-10H2,1-2H3,(H,16,18). The van der Waals surface area contributed by atoms with Crippen molar-refractivity contribution in [1.82, 2.24) is 10.6 Å². The fourth-order valence-electron chi connectivity index (χ4n) is 2.21. The minimum atomic E-state index is -0.121. The molecule has 19 heavy (non-hydrogen) atoms. The van der Waals surface area contributed by atoms with Crippen molar-refractivity contribution in [2.24, 2.45) is 0 Å². The molecule has 1 aromatic rings. The number of carbonyl (C=O) groups excluding carboxylic acids is 1. The first-order valence-corrected chi connectivity index (χ1v) is 7.93. The number of fused-ring (bicyclic) bond motifs is 1. The Morgan fingerprint density at radius 1 is 1.47 bits per heavy atom. The smallest absolute Gasteiger partial charge is 0.236 e. The molecule has 1 amide bonds. The van der Waals surface area contributed by atoms with E-state index in [1.54, 1.807) is 0 Å². The second kappa shape index (κ2) is 6.96. The highest BCUT2D eigenvalue weighted by Gasteiger charge is 2.23. The summed E-state index contributed by atoms with van der Waals surface area (Å²) in [6.07, 6.45) is 0.977. The van der Waals surface area contributed by atoms with E-state index in [0.717, 1.165) is 25.3 Å². The molecule has 3 nitrogen and oxygen atoms in total. The summed E-state index contributed by atoms with van der Waals surface area (Å²) in [6, 6.07) is 8.43. The zero-order valence-corrected chi connectivity index (χ0v) is 12.4. The number of nitrogens with one attached hydrogen (secondary N) is 2. The Morgan fingerprint density at radius 2 is 2.26 bits per heavy atom. The summed E-state index contributed by atoms with van der Waals surface area (Å²) in [5, 5.41) is 6.27. The summed E-state index contributed by atoms with van der Waals surface area (Å²) in [4.78, 5) is 13.2. The zero-order chi connectivity index (χ0) is 13.7. The Hall–Kier alpha value is -1.00. The van der Waals surface area contributed by atoms with Gasteiger partial charge in [-0.05, 0) is 25.0 Å². The van der Waals surface area contributed by atoms with Crippen LogP contribution in [0.2, 0.25) is 0 Å². The highest BCUT2D eigenvalue weighted by atomic mass is 32.2. The minimum absolute atomic E-state index is 0.0979. The Kier molecular flexibility index (Phi) is 5.28. The fraction of sp³-hybridized carbons (Fsp3) is 0.533. The topological polar surface area (TPSA) is 41.1 Å². The molecule has 0 fully saturated rings. The van der Waals surface area contributed by atoms with E-state index in [-0.39, 0.29) is 11.9 Å². The van der Waals surface area contributed by atoms with Crippen molar-refractivity contribution in [3.8, 4) is 0 Å². The lowest BCUT2D eigenvalue weighted by atomic mass is 10.0. The molecule has 1 aliphatic heterocycles. The Balaban J connectivity index is 1.82. The summed E-state index contributed by atoms with van der Waals surface area (Å²) >= 11 is 1.91. The first-order valence-electron chi connectivity index (χ1n) is 6.95. The summed E-state index contributed by atoms with van der Waals surface area (Å²) in [7, 11) is 0. The third-order valence-corrected chi connectivity index (χ3v) is 4.66. The Labute approximate surface area is 119 Å². The molecule has 2 rings (SSSR count). The van der Waals surface area contributed by atoms with Gasteiger partial charge >= 0.3 is 0 Å². The molecule has 1 heterocycles. The van der Waals surface area contributed by atoms with Gasteiger partial charge in [0, 0.05) is 29.7 Å². The monoisotopic (exact) mass is 278 g/mol. The van der Waals surface area contributed by atoms with Crippen LogP contribution in [0, 0.1) is 0 Å². The largest absolute Gasteiger partial charge is 0.355 e. The number of carbonyl (C=O) groups is 1. The quantitative estimate of drug-likeness (QED) is 0.839. The molecular formula is C15H22N2OS. The molecular weight excluding hydrogens is 256 g/mol. The molecule has 2 atom stereocenters. The third kappa shape index (κ3) is 3.74. The van der Waals surface area contributed by atoms with Gasteiger partial charge in [0.15, 0.2) is 0 Å². The lowest BCUT2D eigenvalue weighted by Crippen LogP contribution is -2.43. The predicted molar refractivity (Wildman–Crippen MR) is 80.7 cm³/mol. The first-order chi connectivity index (χ1) is 9.22. The lowest BCUT2D eigenvalue weighted by Gasteiger charge is -2.17. The van der Waals surface area contributed by atoms with Crippen molar-refractivity contribution in [3.05, 3.63) is 29.8 Å². The van der Waals surface area contributed by atoms with Gasteiger partial charge in [-0.2, -0.15) is 0 Å². The second-order valence-corrected chi connectivity index (χ2v) is 6.03. The van der Waals surface area contributed by atoms with Crippen molar-refractivity contribution in [2.45, 2.75) is 37.1 Å². The van der Waals surface area contributed by atoms with E-state index in [1.165, 1.54) is 10.5 Å². The lowest BCUT2D eigenvalue weighted by molar-refractivity contribution is -0.122. The number of rotatable bonds is 6. The van der Waals surface area contributed by atoms with E-state index in [0.29, 0.717) is 5.92 Å². The number of amides is 1. The number of hydrogen-bond acceptors (Lipinski definition) is 3. The van der Waals surface area contributed by atoms with Crippen LogP contribution in [-0.2, 0) is 4.79 Å². The van der Waals surface area contributed by atoms with Gasteiger partial charge in [0.2, 0.25) is 5.91 Å². The Morgan fingerprint density at radius 3 is 3.05 bits per heavy atom. The van der Waals surface area contributed by atoms with Crippen LogP contribution in [0.15, 0.2) is 29.2 Å². The van der Waals surface area contributed by atoms with Crippen molar-refractivity contribution in [2.75, 3.05) is 18.8 Å². The van der Waals surface area contributed by atoms with E-state index in [1.807, 2.05) is 18.7 Å². The third-order valence-electron chi connectivity index (χ3n) is 3.41. The molecule has 0 saturated carbocycles. The summed E-state index contributed by atoms with van der Waals surface area (Å²) in [6.45, 7) is 5.61. The molecule has 2 unspecified atom stereocenters. The molecule has 0 aromatic heterocycles. The van der Waals surface area contributed by atoms with Gasteiger partial charge in [0.05, 0.1) is 6.04 Å². The summed E-state index contributed by atoms with van der Waals surface area (Å²) < 4.78 is 0. The zero-order valence-electron chi connectivity index (χ0n) is 11.6. The summed E-state index contributed by atoms with van der Waals surface area (Å²) in [5.41, 5.74) is 1.42. The van der Waals surface area contributed by atoms with E-state index in [2.05, 4.69) is 41.8 Å². The Bertz CT molecular complexity index is 436. The van der Waals surface area contributed by atoms with Crippen molar-refractivity contribution in [1.29, 1.82) is 0 Å². The SMILES string of the molecule is CCCNC(=O)C(C)NCC1CSc2ccccc21. The molecule has 104 valence electrons. The van der Waals surface area contributed by atoms with Gasteiger partial charge in [-0.1, -0.05) is 25.1 Å². The minimum Gasteiger partial charge on any atom is -0.355 e. The van der Waals surface area contributed by atoms with E-state index in [4.69, 9.17) is 0 Å². The highest BCUT2D eigenvalue weighted by molar-refractivity contribution is 7.99. The normalized spacial score (nSPS) is 18.9. The maximum Gasteiger partial charge on any atom is 0.236 e. The van der Waals surface area contributed by atoms with E-state index in [9.17, 15) is 4.79 Å². The molecule has 0 aliphatic carbocycles. The van der Waals surface area contributed by atoms with Crippen LogP contribution in [0.4, 0.5) is 0 Å². The van der Waals surface area contributed by atoms with Crippen LogP contribution < -0.4 is 10.6 Å². The van der Waals surface area contributed by atoms with Crippen LogP contribution in [0.3, 0.4) is 0 Å². The van der Waals surface area contributed by atoms with Gasteiger partial charge in [-0.3, -0.25) is 4.79 Å². The predicted octanol–water partition coefficient (Wildman–Crippen LogP) is 2.38. The van der Waals surface area contributed by atoms with Crippen molar-refractivity contribution < 1.29 is 4.79 Å². The summed E-state index contributed by atoms with van der Waals surface area (Å²) in [5.74, 6) is 1.72.